The zero-order valence-electron chi connectivity index (χ0n) is 14.1. The Morgan fingerprint density at radius 3 is 2.56 bits per heavy atom. The Hall–Kier alpha value is -3.02. The lowest BCUT2D eigenvalue weighted by Crippen LogP contribution is -2.21. The van der Waals surface area contributed by atoms with Gasteiger partial charge in [-0.15, -0.1) is 0 Å². The summed E-state index contributed by atoms with van der Waals surface area (Å²) in [6.45, 7) is 3.81. The van der Waals surface area contributed by atoms with E-state index < -0.39 is 0 Å². The van der Waals surface area contributed by atoms with Crippen molar-refractivity contribution in [2.75, 3.05) is 0 Å². The second-order valence-corrected chi connectivity index (χ2v) is 6.45. The van der Waals surface area contributed by atoms with E-state index in [1.165, 1.54) is 0 Å². The Balaban J connectivity index is 1.79. The van der Waals surface area contributed by atoms with Crippen LogP contribution < -0.4 is 0 Å². The van der Waals surface area contributed by atoms with Crippen LogP contribution in [0, 0.1) is 13.8 Å². The summed E-state index contributed by atoms with van der Waals surface area (Å²) in [6, 6.07) is 9.07. The van der Waals surface area contributed by atoms with Gasteiger partial charge in [0.05, 0.1) is 17.5 Å². The maximum Gasteiger partial charge on any atom is 0.251 e. The lowest BCUT2D eigenvalue weighted by molar-refractivity contribution is 0.0963. The number of phenols is 1. The largest absolute Gasteiger partial charge is 0.508 e. The van der Waals surface area contributed by atoms with Crippen molar-refractivity contribution in [1.29, 1.82) is 0 Å². The van der Waals surface area contributed by atoms with Gasteiger partial charge in [0.15, 0.2) is 5.78 Å². The van der Waals surface area contributed by atoms with Crippen LogP contribution in [0.15, 0.2) is 36.5 Å². The predicted octanol–water partition coefficient (Wildman–Crippen LogP) is 2.90. The number of rotatable bonds is 2. The standard InChI is InChI=1S/C19H18N4O2/c1-11-7-12(2)22-19(21-11)23-16-8-13(9-18(25)15(16)10-20-23)14-5-3-4-6-17(14)24/h3-7,10,13,24H,8-9H2,1-2H3/t13-/m0/s1. The maximum absolute atomic E-state index is 12.6. The van der Waals surface area contributed by atoms with Gasteiger partial charge >= 0.3 is 0 Å². The number of phenolic OH excluding ortho intramolecular Hbond substituents is 1. The summed E-state index contributed by atoms with van der Waals surface area (Å²) >= 11 is 0. The zero-order chi connectivity index (χ0) is 17.6. The molecule has 0 saturated heterocycles. The van der Waals surface area contributed by atoms with E-state index in [0.29, 0.717) is 24.4 Å². The first-order valence-electron chi connectivity index (χ1n) is 8.23. The molecule has 1 N–H and O–H groups in total. The summed E-state index contributed by atoms with van der Waals surface area (Å²) in [5.41, 5.74) is 3.91. The van der Waals surface area contributed by atoms with E-state index in [1.807, 2.05) is 32.0 Å². The summed E-state index contributed by atoms with van der Waals surface area (Å²) < 4.78 is 1.65. The van der Waals surface area contributed by atoms with Gasteiger partial charge in [-0.05, 0) is 38.0 Å². The molecule has 0 amide bonds. The van der Waals surface area contributed by atoms with E-state index in [1.54, 1.807) is 23.0 Å². The van der Waals surface area contributed by atoms with Crippen molar-refractivity contribution < 1.29 is 9.90 Å². The minimum absolute atomic E-state index is 0.0325. The Kier molecular flexibility index (Phi) is 3.60. The fourth-order valence-electron chi connectivity index (χ4n) is 3.47. The van der Waals surface area contributed by atoms with Gasteiger partial charge in [-0.1, -0.05) is 18.2 Å². The molecule has 6 nitrogen and oxygen atoms in total. The number of carbonyl (C=O) groups excluding carboxylic acids is 1. The quantitative estimate of drug-likeness (QED) is 0.779. The number of hydrogen-bond donors (Lipinski definition) is 1. The average Bonchev–Trinajstić information content (AvgIpc) is 2.99. The van der Waals surface area contributed by atoms with Crippen molar-refractivity contribution in [2.45, 2.75) is 32.6 Å². The molecular weight excluding hydrogens is 316 g/mol. The molecule has 6 heteroatoms. The van der Waals surface area contributed by atoms with Crippen molar-refractivity contribution in [3.63, 3.8) is 0 Å². The monoisotopic (exact) mass is 334 g/mol. The topological polar surface area (TPSA) is 80.9 Å². The van der Waals surface area contributed by atoms with Gasteiger partial charge in [0.25, 0.3) is 5.95 Å². The van der Waals surface area contributed by atoms with Crippen molar-refractivity contribution in [3.05, 3.63) is 64.7 Å². The molecule has 25 heavy (non-hydrogen) atoms. The van der Waals surface area contributed by atoms with Crippen molar-refractivity contribution in [1.82, 2.24) is 19.7 Å². The molecule has 0 fully saturated rings. The number of fused-ring (bicyclic) bond motifs is 1. The van der Waals surface area contributed by atoms with Gasteiger partial charge in [0.2, 0.25) is 0 Å². The summed E-state index contributed by atoms with van der Waals surface area (Å²) in [7, 11) is 0. The number of Topliss-reactive ketones (excluding diaryl/α,β-unsaturated/α-hetero) is 1. The predicted molar refractivity (Wildman–Crippen MR) is 92.1 cm³/mol. The summed E-state index contributed by atoms with van der Waals surface area (Å²) in [5, 5.41) is 14.5. The van der Waals surface area contributed by atoms with E-state index in [0.717, 1.165) is 22.6 Å². The molecule has 1 atom stereocenters. The third kappa shape index (κ3) is 2.69. The molecule has 0 bridgehead atoms. The Morgan fingerprint density at radius 1 is 1.12 bits per heavy atom. The molecule has 126 valence electrons. The van der Waals surface area contributed by atoms with Crippen molar-refractivity contribution in [2.24, 2.45) is 0 Å². The van der Waals surface area contributed by atoms with Crippen LogP contribution in [0.3, 0.4) is 0 Å². The number of benzene rings is 1. The molecule has 0 spiro atoms. The number of carbonyl (C=O) groups is 1. The Morgan fingerprint density at radius 2 is 1.84 bits per heavy atom. The Labute approximate surface area is 145 Å². The van der Waals surface area contributed by atoms with Crippen molar-refractivity contribution >= 4 is 5.78 Å². The van der Waals surface area contributed by atoms with Crippen molar-refractivity contribution in [3.8, 4) is 11.7 Å². The highest BCUT2D eigenvalue weighted by Gasteiger charge is 2.31. The van der Waals surface area contributed by atoms with Crippen LogP contribution in [-0.4, -0.2) is 30.6 Å². The fraction of sp³-hybridized carbons (Fsp3) is 0.263. The first-order valence-corrected chi connectivity index (χ1v) is 8.23. The molecule has 2 heterocycles. The molecule has 0 saturated carbocycles. The highest BCUT2D eigenvalue weighted by molar-refractivity contribution is 5.98. The van der Waals surface area contributed by atoms with Gasteiger partial charge in [0, 0.05) is 23.7 Å². The summed E-state index contributed by atoms with van der Waals surface area (Å²) in [4.78, 5) is 21.5. The average molecular weight is 334 g/mol. The molecule has 4 rings (SSSR count). The maximum atomic E-state index is 12.6. The summed E-state index contributed by atoms with van der Waals surface area (Å²) in [6.07, 6.45) is 2.57. The highest BCUT2D eigenvalue weighted by Crippen LogP contribution is 2.36. The van der Waals surface area contributed by atoms with Crippen LogP contribution in [0.1, 0.15) is 45.3 Å². The molecule has 3 aromatic rings. The zero-order valence-corrected chi connectivity index (χ0v) is 14.1. The number of para-hydroxylation sites is 1. The Bertz CT molecular complexity index is 957. The highest BCUT2D eigenvalue weighted by atomic mass is 16.3. The third-order valence-electron chi connectivity index (χ3n) is 4.58. The van der Waals surface area contributed by atoms with E-state index in [9.17, 15) is 9.90 Å². The van der Waals surface area contributed by atoms with Crippen LogP contribution in [0.4, 0.5) is 0 Å². The van der Waals surface area contributed by atoms with Crippen LogP contribution in [-0.2, 0) is 6.42 Å². The number of ketones is 1. The summed E-state index contributed by atoms with van der Waals surface area (Å²) in [5.74, 6) is 0.648. The first-order chi connectivity index (χ1) is 12.0. The molecular formula is C19H18N4O2. The van der Waals surface area contributed by atoms with E-state index >= 15 is 0 Å². The number of hydrogen-bond acceptors (Lipinski definition) is 5. The number of aromatic hydroxyl groups is 1. The van der Waals surface area contributed by atoms with Crippen LogP contribution in [0.2, 0.25) is 0 Å². The minimum Gasteiger partial charge on any atom is -0.508 e. The number of aromatic nitrogens is 4. The minimum atomic E-state index is -0.0810. The molecule has 0 radical (unpaired) electrons. The van der Waals surface area contributed by atoms with Gasteiger partial charge in [-0.3, -0.25) is 4.79 Å². The van der Waals surface area contributed by atoms with Crippen LogP contribution in [0.5, 0.6) is 5.75 Å². The van der Waals surface area contributed by atoms with Gasteiger partial charge in [-0.2, -0.15) is 5.10 Å². The third-order valence-corrected chi connectivity index (χ3v) is 4.58. The number of aryl methyl sites for hydroxylation is 2. The SMILES string of the molecule is Cc1cc(C)nc(-n2ncc3c2C[C@H](c2ccccc2O)CC3=O)n1. The molecule has 1 aliphatic carbocycles. The normalized spacial score (nSPS) is 16.7. The second-order valence-electron chi connectivity index (χ2n) is 6.45. The fourth-order valence-corrected chi connectivity index (χ4v) is 3.47. The lowest BCUT2D eigenvalue weighted by Gasteiger charge is -2.23. The second kappa shape index (κ2) is 5.81. The van der Waals surface area contributed by atoms with Crippen LogP contribution >= 0.6 is 0 Å². The molecule has 1 aliphatic rings. The van der Waals surface area contributed by atoms with E-state index in [2.05, 4.69) is 15.1 Å². The van der Waals surface area contributed by atoms with E-state index in [4.69, 9.17) is 0 Å². The molecule has 0 aliphatic heterocycles. The van der Waals surface area contributed by atoms with Crippen LogP contribution in [0.25, 0.3) is 5.95 Å². The number of nitrogens with zero attached hydrogens (tertiary/aromatic N) is 4. The molecule has 2 aromatic heterocycles. The molecule has 1 aromatic carbocycles. The smallest absolute Gasteiger partial charge is 0.251 e. The lowest BCUT2D eigenvalue weighted by atomic mass is 9.82. The van der Waals surface area contributed by atoms with Gasteiger partial charge in [0.1, 0.15) is 5.75 Å². The molecule has 0 unspecified atom stereocenters. The van der Waals surface area contributed by atoms with Gasteiger partial charge < -0.3 is 5.11 Å². The van der Waals surface area contributed by atoms with E-state index in [-0.39, 0.29) is 17.5 Å². The van der Waals surface area contributed by atoms with Gasteiger partial charge in [-0.25, -0.2) is 14.6 Å². The first kappa shape index (κ1) is 15.5.